The minimum absolute atomic E-state index is 0.210. The average Bonchev–Trinajstić information content (AvgIpc) is 2.33. The second-order valence-electron chi connectivity index (χ2n) is 5.14. The lowest BCUT2D eigenvalue weighted by atomic mass is 9.84. The van der Waals surface area contributed by atoms with Crippen LogP contribution in [0.4, 0.5) is 0 Å². The topological polar surface area (TPSA) is 64.5 Å². The Labute approximate surface area is 108 Å². The SMILES string of the molecule is CCOC(C(O)c1nccnc1OC)C(C)(C)C. The van der Waals surface area contributed by atoms with E-state index in [2.05, 4.69) is 9.97 Å². The lowest BCUT2D eigenvalue weighted by molar-refractivity contribution is -0.0920. The second kappa shape index (κ2) is 6.11. The average molecular weight is 254 g/mol. The standard InChI is InChI=1S/C13H22N2O3/c1-6-18-11(13(2,3)4)10(16)9-12(17-5)15-8-7-14-9/h7-8,10-11,16H,6H2,1-5H3. The first-order valence-corrected chi connectivity index (χ1v) is 6.06. The molecule has 0 radical (unpaired) electrons. The molecule has 1 heterocycles. The Morgan fingerprint density at radius 2 is 1.89 bits per heavy atom. The summed E-state index contributed by atoms with van der Waals surface area (Å²) in [7, 11) is 1.51. The number of aliphatic hydroxyl groups is 1. The third-order valence-electron chi connectivity index (χ3n) is 2.65. The first kappa shape index (κ1) is 14.9. The molecule has 1 aromatic rings. The maximum Gasteiger partial charge on any atom is 0.238 e. The summed E-state index contributed by atoms with van der Waals surface area (Å²) in [6.45, 7) is 8.47. The number of aliphatic hydroxyl groups excluding tert-OH is 1. The van der Waals surface area contributed by atoms with Crippen LogP contribution in [0.1, 0.15) is 39.5 Å². The van der Waals surface area contributed by atoms with Crippen molar-refractivity contribution in [3.05, 3.63) is 18.1 Å². The normalized spacial score (nSPS) is 15.2. The van der Waals surface area contributed by atoms with Gasteiger partial charge in [0.2, 0.25) is 5.88 Å². The molecular formula is C13H22N2O3. The predicted octanol–water partition coefficient (Wildman–Crippen LogP) is 1.97. The molecule has 1 rings (SSSR count). The van der Waals surface area contributed by atoms with Crippen LogP contribution >= 0.6 is 0 Å². The van der Waals surface area contributed by atoms with Gasteiger partial charge in [-0.25, -0.2) is 4.98 Å². The van der Waals surface area contributed by atoms with Gasteiger partial charge in [0.1, 0.15) is 11.8 Å². The second-order valence-corrected chi connectivity index (χ2v) is 5.14. The molecular weight excluding hydrogens is 232 g/mol. The quantitative estimate of drug-likeness (QED) is 0.870. The van der Waals surface area contributed by atoms with Gasteiger partial charge in [-0.15, -0.1) is 0 Å². The largest absolute Gasteiger partial charge is 0.480 e. The van der Waals surface area contributed by atoms with Crippen LogP contribution in [0.25, 0.3) is 0 Å². The number of hydrogen-bond donors (Lipinski definition) is 1. The fourth-order valence-corrected chi connectivity index (χ4v) is 1.83. The van der Waals surface area contributed by atoms with Crippen molar-refractivity contribution in [3.8, 4) is 5.88 Å². The molecule has 1 N–H and O–H groups in total. The molecule has 2 atom stereocenters. The van der Waals surface area contributed by atoms with Crippen LogP contribution < -0.4 is 4.74 Å². The van der Waals surface area contributed by atoms with Crippen LogP contribution in [0.3, 0.4) is 0 Å². The molecule has 5 nitrogen and oxygen atoms in total. The Kier molecular flexibility index (Phi) is 5.04. The lowest BCUT2D eigenvalue weighted by Crippen LogP contribution is -2.36. The molecule has 102 valence electrons. The van der Waals surface area contributed by atoms with E-state index in [0.717, 1.165) is 0 Å². The number of hydrogen-bond acceptors (Lipinski definition) is 5. The Bertz CT molecular complexity index is 377. The molecule has 0 amide bonds. The Hall–Kier alpha value is -1.20. The summed E-state index contributed by atoms with van der Waals surface area (Å²) in [6, 6.07) is 0. The van der Waals surface area contributed by atoms with Gasteiger partial charge >= 0.3 is 0 Å². The highest BCUT2D eigenvalue weighted by Crippen LogP contribution is 2.34. The number of ether oxygens (including phenoxy) is 2. The van der Waals surface area contributed by atoms with Crippen molar-refractivity contribution in [2.45, 2.75) is 39.9 Å². The number of aromatic nitrogens is 2. The van der Waals surface area contributed by atoms with Crippen molar-refractivity contribution in [1.82, 2.24) is 9.97 Å². The van der Waals surface area contributed by atoms with Crippen LogP contribution in [-0.2, 0) is 4.74 Å². The molecule has 5 heteroatoms. The summed E-state index contributed by atoms with van der Waals surface area (Å²) < 4.78 is 10.8. The van der Waals surface area contributed by atoms with Gasteiger partial charge in [-0.05, 0) is 12.3 Å². The van der Waals surface area contributed by atoms with Gasteiger partial charge in [0, 0.05) is 19.0 Å². The monoisotopic (exact) mass is 254 g/mol. The van der Waals surface area contributed by atoms with E-state index < -0.39 is 6.10 Å². The van der Waals surface area contributed by atoms with Crippen LogP contribution in [0.2, 0.25) is 0 Å². The maximum absolute atomic E-state index is 10.5. The fourth-order valence-electron chi connectivity index (χ4n) is 1.83. The number of nitrogens with zero attached hydrogens (tertiary/aromatic N) is 2. The van der Waals surface area contributed by atoms with E-state index in [4.69, 9.17) is 9.47 Å². The van der Waals surface area contributed by atoms with Gasteiger partial charge in [0.25, 0.3) is 0 Å². The first-order chi connectivity index (χ1) is 8.41. The zero-order chi connectivity index (χ0) is 13.8. The van der Waals surface area contributed by atoms with Gasteiger partial charge in [0.15, 0.2) is 0 Å². The van der Waals surface area contributed by atoms with Gasteiger partial charge in [-0.1, -0.05) is 20.8 Å². The van der Waals surface area contributed by atoms with E-state index >= 15 is 0 Å². The summed E-state index contributed by atoms with van der Waals surface area (Å²) in [4.78, 5) is 8.19. The molecule has 2 unspecified atom stereocenters. The van der Waals surface area contributed by atoms with Gasteiger partial charge in [-0.3, -0.25) is 4.98 Å². The minimum Gasteiger partial charge on any atom is -0.480 e. The van der Waals surface area contributed by atoms with E-state index in [1.165, 1.54) is 19.5 Å². The van der Waals surface area contributed by atoms with E-state index in [9.17, 15) is 5.11 Å². The summed E-state index contributed by atoms with van der Waals surface area (Å²) in [5.74, 6) is 0.332. The number of methoxy groups -OCH3 is 1. The molecule has 0 fully saturated rings. The summed E-state index contributed by atoms with van der Waals surface area (Å²) in [5, 5.41) is 10.5. The summed E-state index contributed by atoms with van der Waals surface area (Å²) >= 11 is 0. The molecule has 0 aromatic carbocycles. The summed E-state index contributed by atoms with van der Waals surface area (Å²) in [6.07, 6.45) is 1.83. The van der Waals surface area contributed by atoms with Crippen LogP contribution in [0.15, 0.2) is 12.4 Å². The van der Waals surface area contributed by atoms with Crippen LogP contribution in [0.5, 0.6) is 5.88 Å². The Balaban J connectivity index is 3.05. The fraction of sp³-hybridized carbons (Fsp3) is 0.692. The van der Waals surface area contributed by atoms with E-state index in [1.54, 1.807) is 0 Å². The van der Waals surface area contributed by atoms with E-state index in [-0.39, 0.29) is 11.5 Å². The Morgan fingerprint density at radius 1 is 1.28 bits per heavy atom. The molecule has 0 saturated heterocycles. The third-order valence-corrected chi connectivity index (χ3v) is 2.65. The first-order valence-electron chi connectivity index (χ1n) is 6.06. The van der Waals surface area contributed by atoms with Crippen molar-refractivity contribution in [2.24, 2.45) is 5.41 Å². The number of rotatable bonds is 5. The highest BCUT2D eigenvalue weighted by atomic mass is 16.5. The lowest BCUT2D eigenvalue weighted by Gasteiger charge is -2.33. The van der Waals surface area contributed by atoms with Crippen molar-refractivity contribution in [1.29, 1.82) is 0 Å². The highest BCUT2D eigenvalue weighted by Gasteiger charge is 2.35. The Morgan fingerprint density at radius 3 is 2.39 bits per heavy atom. The van der Waals surface area contributed by atoms with Crippen molar-refractivity contribution in [2.75, 3.05) is 13.7 Å². The molecule has 0 bridgehead atoms. The van der Waals surface area contributed by atoms with Crippen molar-refractivity contribution < 1.29 is 14.6 Å². The maximum atomic E-state index is 10.5. The highest BCUT2D eigenvalue weighted by molar-refractivity contribution is 5.21. The van der Waals surface area contributed by atoms with Crippen molar-refractivity contribution >= 4 is 0 Å². The molecule has 0 saturated carbocycles. The summed E-state index contributed by atoms with van der Waals surface area (Å²) in [5.41, 5.74) is 0.200. The van der Waals surface area contributed by atoms with E-state index in [0.29, 0.717) is 18.2 Å². The zero-order valence-electron chi connectivity index (χ0n) is 11.7. The van der Waals surface area contributed by atoms with Crippen LogP contribution in [0, 0.1) is 5.41 Å². The minimum atomic E-state index is -0.867. The molecule has 0 aliphatic carbocycles. The molecule has 0 aliphatic rings. The van der Waals surface area contributed by atoms with E-state index in [1.807, 2.05) is 27.7 Å². The van der Waals surface area contributed by atoms with Gasteiger partial charge in [-0.2, -0.15) is 0 Å². The zero-order valence-corrected chi connectivity index (χ0v) is 11.7. The third kappa shape index (κ3) is 3.40. The molecule has 0 spiro atoms. The molecule has 18 heavy (non-hydrogen) atoms. The molecule has 1 aromatic heterocycles. The van der Waals surface area contributed by atoms with Gasteiger partial charge < -0.3 is 14.6 Å². The smallest absolute Gasteiger partial charge is 0.238 e. The molecule has 0 aliphatic heterocycles. The van der Waals surface area contributed by atoms with Crippen molar-refractivity contribution in [3.63, 3.8) is 0 Å². The van der Waals surface area contributed by atoms with Crippen LogP contribution in [-0.4, -0.2) is 34.9 Å². The predicted molar refractivity (Wildman–Crippen MR) is 68.4 cm³/mol. The van der Waals surface area contributed by atoms with Gasteiger partial charge in [0.05, 0.1) is 13.2 Å².